The van der Waals surface area contributed by atoms with E-state index in [2.05, 4.69) is 20.9 Å². The molecule has 0 fully saturated rings. The third-order valence-electron chi connectivity index (χ3n) is 4.98. The summed E-state index contributed by atoms with van der Waals surface area (Å²) in [6.45, 7) is 7.28. The van der Waals surface area contributed by atoms with E-state index in [1.807, 2.05) is 26.8 Å². The van der Waals surface area contributed by atoms with Crippen molar-refractivity contribution in [1.82, 2.24) is 25.5 Å². The van der Waals surface area contributed by atoms with Gasteiger partial charge in [0.15, 0.2) is 11.5 Å². The van der Waals surface area contributed by atoms with Gasteiger partial charge in [0, 0.05) is 32.2 Å². The van der Waals surface area contributed by atoms with Crippen LogP contribution in [0.1, 0.15) is 53.1 Å². The Bertz CT molecular complexity index is 928. The molecule has 2 heterocycles. The number of benzene rings is 1. The first-order valence-corrected chi connectivity index (χ1v) is 9.66. The molecule has 154 valence electrons. The molecule has 0 saturated carbocycles. The Morgan fingerprint density at radius 3 is 2.48 bits per heavy atom. The predicted molar refractivity (Wildman–Crippen MR) is 109 cm³/mol. The van der Waals surface area contributed by atoms with Gasteiger partial charge in [0.1, 0.15) is 6.04 Å². The van der Waals surface area contributed by atoms with Crippen molar-refractivity contribution < 1.29 is 14.4 Å². The zero-order valence-electron chi connectivity index (χ0n) is 17.2. The van der Waals surface area contributed by atoms with E-state index in [0.29, 0.717) is 30.9 Å². The number of carbonyl (C=O) groups is 3. The van der Waals surface area contributed by atoms with Crippen LogP contribution in [0.2, 0.25) is 0 Å². The Balaban J connectivity index is 1.97. The summed E-state index contributed by atoms with van der Waals surface area (Å²) in [5, 5.41) is 8.60. The molecule has 0 aliphatic carbocycles. The maximum absolute atomic E-state index is 13.1. The zero-order chi connectivity index (χ0) is 21.2. The van der Waals surface area contributed by atoms with Gasteiger partial charge in [0.25, 0.3) is 5.91 Å². The second kappa shape index (κ2) is 8.16. The van der Waals surface area contributed by atoms with Gasteiger partial charge >= 0.3 is 0 Å². The first-order chi connectivity index (χ1) is 13.7. The van der Waals surface area contributed by atoms with Crippen LogP contribution in [0, 0.1) is 5.41 Å². The summed E-state index contributed by atoms with van der Waals surface area (Å²) in [6, 6.07) is 8.14. The minimum atomic E-state index is -0.734. The van der Waals surface area contributed by atoms with Gasteiger partial charge in [-0.2, -0.15) is 0 Å². The van der Waals surface area contributed by atoms with E-state index >= 15 is 0 Å². The molecule has 0 bridgehead atoms. The van der Waals surface area contributed by atoms with Crippen LogP contribution in [0.3, 0.4) is 0 Å². The summed E-state index contributed by atoms with van der Waals surface area (Å²) in [6.07, 6.45) is 0. The van der Waals surface area contributed by atoms with Gasteiger partial charge in [0.05, 0.1) is 5.69 Å². The normalized spacial score (nSPS) is 14.6. The van der Waals surface area contributed by atoms with Crippen LogP contribution >= 0.6 is 0 Å². The predicted octanol–water partition coefficient (Wildman–Crippen LogP) is 1.11. The average molecular weight is 397 g/mol. The lowest BCUT2D eigenvalue weighted by atomic mass is 9.86. The minimum absolute atomic E-state index is 0.176. The van der Waals surface area contributed by atoms with Crippen LogP contribution < -0.4 is 16.0 Å². The SMILES string of the molecule is CNC(=O)[C@@H](NC(=O)c1nc(C(=O)c2ccccc2)n2c1CNCC2)C(C)(C)C. The van der Waals surface area contributed by atoms with Crippen LogP contribution in [-0.4, -0.2) is 46.8 Å². The van der Waals surface area contributed by atoms with Crippen molar-refractivity contribution in [3.05, 3.63) is 53.1 Å². The third-order valence-corrected chi connectivity index (χ3v) is 4.98. The fraction of sp³-hybridized carbons (Fsp3) is 0.429. The van der Waals surface area contributed by atoms with E-state index in [1.165, 1.54) is 7.05 Å². The molecule has 1 atom stereocenters. The standard InChI is InChI=1S/C21H27N5O3/c1-21(2,3)17(20(29)22-4)25-19(28)15-14-12-23-10-11-26(14)18(24-15)16(27)13-8-6-5-7-9-13/h5-9,17,23H,10-12H2,1-4H3,(H,22,29)(H,25,28)/t17-/m1/s1. The van der Waals surface area contributed by atoms with Gasteiger partial charge in [-0.25, -0.2) is 4.98 Å². The number of nitrogens with one attached hydrogen (secondary N) is 3. The molecule has 29 heavy (non-hydrogen) atoms. The van der Waals surface area contributed by atoms with E-state index in [0.717, 1.165) is 0 Å². The quantitative estimate of drug-likeness (QED) is 0.656. The van der Waals surface area contributed by atoms with Crippen LogP contribution in [0.5, 0.6) is 0 Å². The van der Waals surface area contributed by atoms with Crippen molar-refractivity contribution in [2.24, 2.45) is 5.41 Å². The second-order valence-corrected chi connectivity index (χ2v) is 8.14. The van der Waals surface area contributed by atoms with Gasteiger partial charge in [-0.1, -0.05) is 51.1 Å². The van der Waals surface area contributed by atoms with Crippen molar-refractivity contribution in [1.29, 1.82) is 0 Å². The summed E-state index contributed by atoms with van der Waals surface area (Å²) in [5.74, 6) is -0.734. The Morgan fingerprint density at radius 2 is 1.86 bits per heavy atom. The maximum Gasteiger partial charge on any atom is 0.272 e. The fourth-order valence-corrected chi connectivity index (χ4v) is 3.40. The lowest BCUT2D eigenvalue weighted by Gasteiger charge is -2.29. The third kappa shape index (κ3) is 4.22. The number of aromatic nitrogens is 2. The molecule has 8 nitrogen and oxygen atoms in total. The smallest absolute Gasteiger partial charge is 0.272 e. The topological polar surface area (TPSA) is 105 Å². The van der Waals surface area contributed by atoms with Crippen LogP contribution in [0.25, 0.3) is 0 Å². The molecule has 3 N–H and O–H groups in total. The first-order valence-electron chi connectivity index (χ1n) is 9.66. The van der Waals surface area contributed by atoms with Crippen LogP contribution in [0.15, 0.2) is 30.3 Å². The van der Waals surface area contributed by atoms with Crippen molar-refractivity contribution in [2.45, 2.75) is 39.9 Å². The highest BCUT2D eigenvalue weighted by Gasteiger charge is 2.35. The lowest BCUT2D eigenvalue weighted by Crippen LogP contribution is -2.53. The number of imidazole rings is 1. The van der Waals surface area contributed by atoms with E-state index in [4.69, 9.17) is 0 Å². The fourth-order valence-electron chi connectivity index (χ4n) is 3.40. The van der Waals surface area contributed by atoms with Crippen LogP contribution in [-0.2, 0) is 17.9 Å². The van der Waals surface area contributed by atoms with Crippen molar-refractivity contribution in [3.8, 4) is 0 Å². The van der Waals surface area contributed by atoms with Crippen molar-refractivity contribution in [3.63, 3.8) is 0 Å². The van der Waals surface area contributed by atoms with E-state index < -0.39 is 17.4 Å². The number of carbonyl (C=O) groups excluding carboxylic acids is 3. The van der Waals surface area contributed by atoms with E-state index in [1.54, 1.807) is 28.8 Å². The Morgan fingerprint density at radius 1 is 1.17 bits per heavy atom. The maximum atomic E-state index is 13.1. The first kappa shape index (κ1) is 20.7. The summed E-state index contributed by atoms with van der Waals surface area (Å²) < 4.78 is 1.80. The number of amides is 2. The Kier molecular flexibility index (Phi) is 5.83. The molecule has 1 aliphatic rings. The number of nitrogens with zero attached hydrogens (tertiary/aromatic N) is 2. The molecule has 2 amide bonds. The molecule has 1 aromatic carbocycles. The molecule has 0 saturated heterocycles. The number of likely N-dealkylation sites (N-methyl/N-ethyl adjacent to an activating group) is 1. The summed E-state index contributed by atoms with van der Waals surface area (Å²) >= 11 is 0. The van der Waals surface area contributed by atoms with E-state index in [-0.39, 0.29) is 23.2 Å². The zero-order valence-corrected chi connectivity index (χ0v) is 17.2. The Hall–Kier alpha value is -3.00. The highest BCUT2D eigenvalue weighted by Crippen LogP contribution is 2.22. The number of hydrogen-bond donors (Lipinski definition) is 3. The number of fused-ring (bicyclic) bond motifs is 1. The molecular weight excluding hydrogens is 370 g/mol. The monoisotopic (exact) mass is 397 g/mol. The second-order valence-electron chi connectivity index (χ2n) is 8.14. The van der Waals surface area contributed by atoms with Gasteiger partial charge in [0.2, 0.25) is 11.7 Å². The lowest BCUT2D eigenvalue weighted by molar-refractivity contribution is -0.124. The van der Waals surface area contributed by atoms with Crippen molar-refractivity contribution >= 4 is 17.6 Å². The van der Waals surface area contributed by atoms with Gasteiger partial charge in [-0.15, -0.1) is 0 Å². The van der Waals surface area contributed by atoms with Gasteiger partial charge in [-0.3, -0.25) is 14.4 Å². The molecule has 3 rings (SSSR count). The Labute approximate surface area is 170 Å². The molecule has 0 unspecified atom stereocenters. The summed E-state index contributed by atoms with van der Waals surface area (Å²) in [7, 11) is 1.53. The highest BCUT2D eigenvalue weighted by molar-refractivity contribution is 6.08. The molecule has 1 aliphatic heterocycles. The van der Waals surface area contributed by atoms with Gasteiger partial charge < -0.3 is 20.5 Å². The number of rotatable bonds is 5. The molecular formula is C21H27N5O3. The molecule has 0 radical (unpaired) electrons. The largest absolute Gasteiger partial charge is 0.357 e. The highest BCUT2D eigenvalue weighted by atomic mass is 16.2. The molecule has 2 aromatic rings. The van der Waals surface area contributed by atoms with E-state index in [9.17, 15) is 14.4 Å². The summed E-state index contributed by atoms with van der Waals surface area (Å²) in [4.78, 5) is 42.8. The molecule has 0 spiro atoms. The summed E-state index contributed by atoms with van der Waals surface area (Å²) in [5.41, 5.74) is 0.854. The van der Waals surface area contributed by atoms with Gasteiger partial charge in [-0.05, 0) is 5.41 Å². The molecule has 1 aromatic heterocycles. The van der Waals surface area contributed by atoms with Crippen LogP contribution in [0.4, 0.5) is 0 Å². The number of ketones is 1. The minimum Gasteiger partial charge on any atom is -0.357 e. The average Bonchev–Trinajstić information content (AvgIpc) is 3.10. The van der Waals surface area contributed by atoms with Crippen molar-refractivity contribution in [2.75, 3.05) is 13.6 Å². The molecule has 8 heteroatoms. The number of hydrogen-bond acceptors (Lipinski definition) is 5.